The summed E-state index contributed by atoms with van der Waals surface area (Å²) in [4.78, 5) is 15.8. The van der Waals surface area contributed by atoms with Crippen LogP contribution >= 0.6 is 11.3 Å². The second-order valence-electron chi connectivity index (χ2n) is 4.71. The molecule has 0 aliphatic heterocycles. The van der Waals surface area contributed by atoms with Crippen molar-refractivity contribution in [2.75, 3.05) is 12.4 Å². The molecular formula is C13H15N5OS. The molecule has 1 fully saturated rings. The number of nitrogens with one attached hydrogen (secondary N) is 2. The molecule has 0 radical (unpaired) electrons. The largest absolute Gasteiger partial charge is 0.359 e. The summed E-state index contributed by atoms with van der Waals surface area (Å²) in [6.07, 6.45) is 4.24. The predicted octanol–water partition coefficient (Wildman–Crippen LogP) is 1.86. The molecule has 1 atom stereocenters. The first kappa shape index (κ1) is 13.0. The standard InChI is InChI=1S/C13H15N5OS/c1-14-12(19)9-4-5-10(18-17-9)16-11(8-2-3-8)13-15-6-7-20-13/h4-8,11H,2-3H2,1H3,(H,14,19)(H,16,18). The number of rotatable bonds is 5. The highest BCUT2D eigenvalue weighted by atomic mass is 32.1. The van der Waals surface area contributed by atoms with Crippen LogP contribution < -0.4 is 10.6 Å². The Kier molecular flexibility index (Phi) is 3.60. The maximum absolute atomic E-state index is 11.4. The Labute approximate surface area is 120 Å². The molecule has 0 spiro atoms. The zero-order valence-electron chi connectivity index (χ0n) is 11.0. The van der Waals surface area contributed by atoms with E-state index in [1.165, 1.54) is 12.8 Å². The first-order chi connectivity index (χ1) is 9.78. The van der Waals surface area contributed by atoms with Gasteiger partial charge in [-0.1, -0.05) is 0 Å². The van der Waals surface area contributed by atoms with Crippen molar-refractivity contribution < 1.29 is 4.79 Å². The van der Waals surface area contributed by atoms with Crippen LogP contribution in [0.5, 0.6) is 0 Å². The van der Waals surface area contributed by atoms with Gasteiger partial charge in [0.05, 0.1) is 6.04 Å². The molecule has 0 bridgehead atoms. The molecule has 2 N–H and O–H groups in total. The molecule has 104 valence electrons. The molecule has 2 heterocycles. The maximum Gasteiger partial charge on any atom is 0.271 e. The fraction of sp³-hybridized carbons (Fsp3) is 0.385. The molecule has 2 aromatic rings. The Hall–Kier alpha value is -2.02. The van der Waals surface area contributed by atoms with Crippen molar-refractivity contribution in [3.63, 3.8) is 0 Å². The molecule has 0 aromatic carbocycles. The van der Waals surface area contributed by atoms with Crippen LogP contribution in [-0.2, 0) is 0 Å². The topological polar surface area (TPSA) is 79.8 Å². The maximum atomic E-state index is 11.4. The van der Waals surface area contributed by atoms with Gasteiger partial charge >= 0.3 is 0 Å². The number of anilines is 1. The highest BCUT2D eigenvalue weighted by Gasteiger charge is 2.34. The van der Waals surface area contributed by atoms with E-state index >= 15 is 0 Å². The van der Waals surface area contributed by atoms with Crippen molar-refractivity contribution in [1.29, 1.82) is 0 Å². The van der Waals surface area contributed by atoms with Gasteiger partial charge in [0.15, 0.2) is 5.69 Å². The minimum atomic E-state index is -0.234. The van der Waals surface area contributed by atoms with Crippen molar-refractivity contribution in [3.05, 3.63) is 34.4 Å². The van der Waals surface area contributed by atoms with Crippen LogP contribution in [0.3, 0.4) is 0 Å². The summed E-state index contributed by atoms with van der Waals surface area (Å²) in [5, 5.41) is 16.9. The minimum absolute atomic E-state index is 0.190. The van der Waals surface area contributed by atoms with Crippen molar-refractivity contribution in [2.45, 2.75) is 18.9 Å². The fourth-order valence-electron chi connectivity index (χ4n) is 2.02. The number of thiazole rings is 1. The Bertz CT molecular complexity index is 579. The highest BCUT2D eigenvalue weighted by molar-refractivity contribution is 7.09. The van der Waals surface area contributed by atoms with E-state index in [1.807, 2.05) is 11.6 Å². The lowest BCUT2D eigenvalue weighted by Crippen LogP contribution is -2.20. The van der Waals surface area contributed by atoms with Crippen molar-refractivity contribution >= 4 is 23.1 Å². The number of carbonyl (C=O) groups is 1. The molecule has 1 aliphatic rings. The van der Waals surface area contributed by atoms with Crippen LogP contribution in [0, 0.1) is 5.92 Å². The molecule has 7 heteroatoms. The van der Waals surface area contributed by atoms with E-state index in [1.54, 1.807) is 30.5 Å². The smallest absolute Gasteiger partial charge is 0.271 e. The molecule has 2 aromatic heterocycles. The lowest BCUT2D eigenvalue weighted by Gasteiger charge is -2.15. The van der Waals surface area contributed by atoms with Gasteiger partial charge in [-0.3, -0.25) is 4.79 Å². The Morgan fingerprint density at radius 2 is 2.25 bits per heavy atom. The second kappa shape index (κ2) is 5.54. The third-order valence-electron chi connectivity index (χ3n) is 3.24. The quantitative estimate of drug-likeness (QED) is 0.878. The summed E-state index contributed by atoms with van der Waals surface area (Å²) in [7, 11) is 1.57. The third kappa shape index (κ3) is 2.77. The van der Waals surface area contributed by atoms with E-state index in [0.29, 0.717) is 17.4 Å². The van der Waals surface area contributed by atoms with Crippen molar-refractivity contribution in [1.82, 2.24) is 20.5 Å². The summed E-state index contributed by atoms with van der Waals surface area (Å²) in [5.74, 6) is 1.05. The Morgan fingerprint density at radius 3 is 2.80 bits per heavy atom. The monoisotopic (exact) mass is 289 g/mol. The molecule has 1 unspecified atom stereocenters. The molecule has 0 saturated heterocycles. The number of nitrogens with zero attached hydrogens (tertiary/aromatic N) is 3. The zero-order valence-corrected chi connectivity index (χ0v) is 11.9. The normalized spacial score (nSPS) is 15.7. The van der Waals surface area contributed by atoms with Crippen molar-refractivity contribution in [3.8, 4) is 0 Å². The fourth-order valence-corrected chi connectivity index (χ4v) is 2.80. The number of hydrogen-bond acceptors (Lipinski definition) is 6. The van der Waals surface area contributed by atoms with Gasteiger partial charge in [-0.15, -0.1) is 21.5 Å². The number of hydrogen-bond donors (Lipinski definition) is 2. The SMILES string of the molecule is CNC(=O)c1ccc(NC(c2nccs2)C2CC2)nn1. The average molecular weight is 289 g/mol. The summed E-state index contributed by atoms with van der Waals surface area (Å²) < 4.78 is 0. The third-order valence-corrected chi connectivity index (χ3v) is 4.10. The van der Waals surface area contributed by atoms with Gasteiger partial charge in [0.25, 0.3) is 5.91 Å². The summed E-state index contributed by atoms with van der Waals surface area (Å²) >= 11 is 1.64. The lowest BCUT2D eigenvalue weighted by molar-refractivity contribution is 0.0957. The highest BCUT2D eigenvalue weighted by Crippen LogP contribution is 2.43. The number of amides is 1. The molecular weight excluding hydrogens is 274 g/mol. The summed E-state index contributed by atoms with van der Waals surface area (Å²) in [6, 6.07) is 3.63. The van der Waals surface area contributed by atoms with Gasteiger partial charge in [-0.05, 0) is 30.9 Å². The number of aromatic nitrogens is 3. The molecule has 20 heavy (non-hydrogen) atoms. The van der Waals surface area contributed by atoms with Gasteiger partial charge in [-0.25, -0.2) is 4.98 Å². The van der Waals surface area contributed by atoms with Crippen LogP contribution in [0.25, 0.3) is 0 Å². The predicted molar refractivity (Wildman–Crippen MR) is 76.6 cm³/mol. The van der Waals surface area contributed by atoms with Crippen LogP contribution in [0.2, 0.25) is 0 Å². The number of carbonyl (C=O) groups excluding carboxylic acids is 1. The first-order valence-electron chi connectivity index (χ1n) is 6.49. The average Bonchev–Trinajstić information content (AvgIpc) is 3.19. The van der Waals surface area contributed by atoms with Gasteiger partial charge in [-0.2, -0.15) is 0 Å². The van der Waals surface area contributed by atoms with E-state index in [-0.39, 0.29) is 11.9 Å². The Morgan fingerprint density at radius 1 is 1.40 bits per heavy atom. The Balaban J connectivity index is 1.74. The van der Waals surface area contributed by atoms with Gasteiger partial charge < -0.3 is 10.6 Å². The van der Waals surface area contributed by atoms with E-state index in [0.717, 1.165) is 5.01 Å². The second-order valence-corrected chi connectivity index (χ2v) is 5.64. The van der Waals surface area contributed by atoms with Crippen LogP contribution in [0.1, 0.15) is 34.4 Å². The molecule has 1 aliphatic carbocycles. The van der Waals surface area contributed by atoms with Crippen LogP contribution in [0.4, 0.5) is 5.82 Å². The van der Waals surface area contributed by atoms with E-state index in [2.05, 4.69) is 25.8 Å². The van der Waals surface area contributed by atoms with Gasteiger partial charge in [0.1, 0.15) is 10.8 Å². The van der Waals surface area contributed by atoms with E-state index in [9.17, 15) is 4.79 Å². The van der Waals surface area contributed by atoms with Crippen molar-refractivity contribution in [2.24, 2.45) is 5.92 Å². The minimum Gasteiger partial charge on any atom is -0.359 e. The van der Waals surface area contributed by atoms with E-state index in [4.69, 9.17) is 0 Å². The molecule has 1 amide bonds. The van der Waals surface area contributed by atoms with Crippen LogP contribution in [-0.4, -0.2) is 28.1 Å². The van der Waals surface area contributed by atoms with Crippen LogP contribution in [0.15, 0.2) is 23.7 Å². The zero-order chi connectivity index (χ0) is 13.9. The van der Waals surface area contributed by atoms with Gasteiger partial charge in [0, 0.05) is 18.6 Å². The molecule has 6 nitrogen and oxygen atoms in total. The first-order valence-corrected chi connectivity index (χ1v) is 7.37. The van der Waals surface area contributed by atoms with E-state index < -0.39 is 0 Å². The van der Waals surface area contributed by atoms with Gasteiger partial charge in [0.2, 0.25) is 0 Å². The lowest BCUT2D eigenvalue weighted by atomic mass is 10.2. The molecule has 1 saturated carbocycles. The summed E-state index contributed by atoms with van der Waals surface area (Å²) in [5.41, 5.74) is 0.315. The summed E-state index contributed by atoms with van der Waals surface area (Å²) in [6.45, 7) is 0. The molecule has 3 rings (SSSR count).